The molecule has 0 saturated carbocycles. The van der Waals surface area contributed by atoms with Crippen molar-refractivity contribution < 1.29 is 17.6 Å². The minimum atomic E-state index is -1.26. The van der Waals surface area contributed by atoms with Gasteiger partial charge in [0.15, 0.2) is 11.6 Å². The third kappa shape index (κ3) is 2.64. The van der Waals surface area contributed by atoms with E-state index in [1.807, 2.05) is 0 Å². The predicted octanol–water partition coefficient (Wildman–Crippen LogP) is 2.02. The van der Waals surface area contributed by atoms with Crippen LogP contribution in [0.2, 0.25) is 0 Å². The monoisotopic (exact) mass is 262 g/mol. The molecule has 6 heteroatoms. The highest BCUT2D eigenvalue weighted by molar-refractivity contribution is 5.24. The maximum Gasteiger partial charge on any atom is 0.161 e. The highest BCUT2D eigenvalue weighted by atomic mass is 19.2. The van der Waals surface area contributed by atoms with Gasteiger partial charge in [-0.1, -0.05) is 0 Å². The summed E-state index contributed by atoms with van der Waals surface area (Å²) < 4.78 is 52.7. The SMILES string of the molecule is FC[C@@H](c1cc(F)c(F)cc1F)N1CCNCC1. The molecule has 1 N–H and O–H groups in total. The smallest absolute Gasteiger partial charge is 0.161 e. The van der Waals surface area contributed by atoms with Crippen LogP contribution in [0.15, 0.2) is 12.1 Å². The number of alkyl halides is 1. The summed E-state index contributed by atoms with van der Waals surface area (Å²) in [5.41, 5.74) is -0.127. The summed E-state index contributed by atoms with van der Waals surface area (Å²) in [4.78, 5) is 1.73. The first-order valence-electron chi connectivity index (χ1n) is 5.78. The van der Waals surface area contributed by atoms with Crippen molar-refractivity contribution >= 4 is 0 Å². The van der Waals surface area contributed by atoms with Crippen LogP contribution in [0.4, 0.5) is 17.6 Å². The Balaban J connectivity index is 2.28. The molecule has 1 saturated heterocycles. The second-order valence-corrected chi connectivity index (χ2v) is 4.24. The van der Waals surface area contributed by atoms with E-state index in [9.17, 15) is 17.6 Å². The molecule has 1 aliphatic rings. The maximum absolute atomic E-state index is 13.6. The lowest BCUT2D eigenvalue weighted by Gasteiger charge is -2.33. The topological polar surface area (TPSA) is 15.3 Å². The fraction of sp³-hybridized carbons (Fsp3) is 0.500. The first-order valence-corrected chi connectivity index (χ1v) is 5.78. The number of halogens is 4. The minimum absolute atomic E-state index is 0.127. The van der Waals surface area contributed by atoms with E-state index in [2.05, 4.69) is 5.32 Å². The van der Waals surface area contributed by atoms with Gasteiger partial charge in [-0.25, -0.2) is 17.6 Å². The van der Waals surface area contributed by atoms with Crippen molar-refractivity contribution in [3.63, 3.8) is 0 Å². The Labute approximate surface area is 103 Å². The molecule has 0 spiro atoms. The van der Waals surface area contributed by atoms with Gasteiger partial charge in [0.05, 0.1) is 6.04 Å². The van der Waals surface area contributed by atoms with Gasteiger partial charge in [-0.3, -0.25) is 4.90 Å². The van der Waals surface area contributed by atoms with Crippen LogP contribution in [-0.4, -0.2) is 37.8 Å². The standard InChI is InChI=1S/C12H14F4N2/c13-7-12(18-3-1-17-2-4-18)8-5-10(15)11(16)6-9(8)14/h5-6,12,17H,1-4,7H2/t12-/m0/s1. The van der Waals surface area contributed by atoms with Crippen LogP contribution in [0.5, 0.6) is 0 Å². The molecule has 1 fully saturated rings. The number of hydrogen-bond acceptors (Lipinski definition) is 2. The first kappa shape index (κ1) is 13.3. The summed E-state index contributed by atoms with van der Waals surface area (Å²) in [6.45, 7) is 1.60. The fourth-order valence-electron chi connectivity index (χ4n) is 2.16. The van der Waals surface area contributed by atoms with Gasteiger partial charge in [-0.2, -0.15) is 0 Å². The number of nitrogens with one attached hydrogen (secondary N) is 1. The van der Waals surface area contributed by atoms with E-state index in [4.69, 9.17) is 0 Å². The normalized spacial score (nSPS) is 18.9. The van der Waals surface area contributed by atoms with Gasteiger partial charge >= 0.3 is 0 Å². The van der Waals surface area contributed by atoms with E-state index in [-0.39, 0.29) is 5.56 Å². The van der Waals surface area contributed by atoms with Crippen LogP contribution in [-0.2, 0) is 0 Å². The van der Waals surface area contributed by atoms with Crippen molar-refractivity contribution in [2.75, 3.05) is 32.9 Å². The highest BCUT2D eigenvalue weighted by Crippen LogP contribution is 2.26. The molecule has 0 aromatic heterocycles. The molecule has 1 aromatic rings. The highest BCUT2D eigenvalue weighted by Gasteiger charge is 2.26. The molecule has 2 rings (SSSR count). The second-order valence-electron chi connectivity index (χ2n) is 4.24. The number of benzene rings is 1. The Kier molecular flexibility index (Phi) is 4.19. The third-order valence-corrected chi connectivity index (χ3v) is 3.14. The maximum atomic E-state index is 13.6. The Hall–Kier alpha value is -1.14. The molecule has 1 aliphatic heterocycles. The number of hydrogen-bond donors (Lipinski definition) is 1. The lowest BCUT2D eigenvalue weighted by Crippen LogP contribution is -2.45. The summed E-state index contributed by atoms with van der Waals surface area (Å²) in [5, 5.41) is 3.09. The van der Waals surface area contributed by atoms with Crippen molar-refractivity contribution in [1.29, 1.82) is 0 Å². The first-order chi connectivity index (χ1) is 8.63. The molecule has 1 aromatic carbocycles. The number of nitrogens with zero attached hydrogens (tertiary/aromatic N) is 1. The molecule has 18 heavy (non-hydrogen) atoms. The van der Waals surface area contributed by atoms with Crippen LogP contribution < -0.4 is 5.32 Å². The van der Waals surface area contributed by atoms with Crippen molar-refractivity contribution in [2.24, 2.45) is 0 Å². The Bertz CT molecular complexity index is 419. The average Bonchev–Trinajstić information content (AvgIpc) is 2.38. The summed E-state index contributed by atoms with van der Waals surface area (Å²) >= 11 is 0. The summed E-state index contributed by atoms with van der Waals surface area (Å²) in [7, 11) is 0. The predicted molar refractivity (Wildman–Crippen MR) is 59.5 cm³/mol. The quantitative estimate of drug-likeness (QED) is 0.662. The van der Waals surface area contributed by atoms with Crippen LogP contribution in [0, 0.1) is 17.5 Å². The van der Waals surface area contributed by atoms with Gasteiger partial charge in [0.1, 0.15) is 12.5 Å². The van der Waals surface area contributed by atoms with Gasteiger partial charge in [0.25, 0.3) is 0 Å². The van der Waals surface area contributed by atoms with Crippen molar-refractivity contribution in [3.05, 3.63) is 35.1 Å². The lowest BCUT2D eigenvalue weighted by atomic mass is 10.0. The molecule has 0 bridgehead atoms. The Morgan fingerprint density at radius 3 is 2.28 bits per heavy atom. The molecule has 0 aliphatic carbocycles. The van der Waals surface area contributed by atoms with Crippen molar-refractivity contribution in [2.45, 2.75) is 6.04 Å². The molecular formula is C12H14F4N2. The van der Waals surface area contributed by atoms with E-state index < -0.39 is 30.2 Å². The van der Waals surface area contributed by atoms with Crippen LogP contribution >= 0.6 is 0 Å². The molecule has 0 radical (unpaired) electrons. The van der Waals surface area contributed by atoms with E-state index in [0.29, 0.717) is 32.2 Å². The third-order valence-electron chi connectivity index (χ3n) is 3.14. The fourth-order valence-corrected chi connectivity index (χ4v) is 2.16. The van der Waals surface area contributed by atoms with Gasteiger partial charge in [-0.15, -0.1) is 0 Å². The molecule has 1 heterocycles. The zero-order valence-corrected chi connectivity index (χ0v) is 9.73. The Morgan fingerprint density at radius 1 is 1.06 bits per heavy atom. The van der Waals surface area contributed by atoms with Crippen molar-refractivity contribution in [3.8, 4) is 0 Å². The van der Waals surface area contributed by atoms with E-state index in [0.717, 1.165) is 6.07 Å². The number of rotatable bonds is 3. The second kappa shape index (κ2) is 5.67. The molecule has 1 atom stereocenters. The molecule has 0 amide bonds. The largest absolute Gasteiger partial charge is 0.314 e. The van der Waals surface area contributed by atoms with Crippen molar-refractivity contribution in [1.82, 2.24) is 10.2 Å². The average molecular weight is 262 g/mol. The molecular weight excluding hydrogens is 248 g/mol. The van der Waals surface area contributed by atoms with Crippen LogP contribution in [0.25, 0.3) is 0 Å². The van der Waals surface area contributed by atoms with Gasteiger partial charge in [0.2, 0.25) is 0 Å². The molecule has 0 unspecified atom stereocenters. The van der Waals surface area contributed by atoms with E-state index in [1.54, 1.807) is 4.90 Å². The van der Waals surface area contributed by atoms with Crippen LogP contribution in [0.1, 0.15) is 11.6 Å². The van der Waals surface area contributed by atoms with Crippen LogP contribution in [0.3, 0.4) is 0 Å². The zero-order valence-electron chi connectivity index (χ0n) is 9.73. The summed E-state index contributed by atoms with van der Waals surface area (Å²) in [6.07, 6.45) is 0. The lowest BCUT2D eigenvalue weighted by molar-refractivity contribution is 0.144. The van der Waals surface area contributed by atoms with Gasteiger partial charge in [-0.05, 0) is 6.07 Å². The van der Waals surface area contributed by atoms with Gasteiger partial charge in [0, 0.05) is 37.8 Å². The Morgan fingerprint density at radius 2 is 1.67 bits per heavy atom. The molecule has 100 valence electrons. The molecule has 2 nitrogen and oxygen atoms in total. The van der Waals surface area contributed by atoms with E-state index in [1.165, 1.54) is 0 Å². The minimum Gasteiger partial charge on any atom is -0.314 e. The summed E-state index contributed by atoms with van der Waals surface area (Å²) in [6, 6.07) is 0.356. The van der Waals surface area contributed by atoms with Gasteiger partial charge < -0.3 is 5.32 Å². The zero-order chi connectivity index (χ0) is 13.1. The summed E-state index contributed by atoms with van der Waals surface area (Å²) in [5.74, 6) is -3.32. The number of piperazine rings is 1. The van der Waals surface area contributed by atoms with E-state index >= 15 is 0 Å².